The molecule has 1 saturated carbocycles. The standard InChI is InChI=1S/C16H18FN3O2/c1-22-14-5-4-12(10-13(14)17)16(21)19-7-9-20-8-6-18-15(20)11-2-3-11/h4-6,8,10-11H,2-3,7,9H2,1H3,(H,19,21). The van der Waals surface area contributed by atoms with E-state index in [2.05, 4.69) is 14.9 Å². The second-order valence-electron chi connectivity index (χ2n) is 5.36. The summed E-state index contributed by atoms with van der Waals surface area (Å²) >= 11 is 0. The third-order valence-electron chi connectivity index (χ3n) is 3.74. The van der Waals surface area contributed by atoms with Crippen molar-refractivity contribution in [3.8, 4) is 5.75 Å². The molecule has 6 heteroatoms. The van der Waals surface area contributed by atoms with E-state index in [9.17, 15) is 9.18 Å². The van der Waals surface area contributed by atoms with E-state index in [0.29, 0.717) is 19.0 Å². The highest BCUT2D eigenvalue weighted by Crippen LogP contribution is 2.38. The minimum atomic E-state index is -0.541. The molecule has 1 aliphatic rings. The lowest BCUT2D eigenvalue weighted by Crippen LogP contribution is -2.27. The number of nitrogens with zero attached hydrogens (tertiary/aromatic N) is 2. The summed E-state index contributed by atoms with van der Waals surface area (Å²) < 4.78 is 20.5. The van der Waals surface area contributed by atoms with Gasteiger partial charge in [0.2, 0.25) is 0 Å². The Morgan fingerprint density at radius 3 is 3.00 bits per heavy atom. The summed E-state index contributed by atoms with van der Waals surface area (Å²) in [5, 5.41) is 2.79. The van der Waals surface area contributed by atoms with E-state index in [1.165, 1.54) is 32.1 Å². The number of rotatable bonds is 6. The SMILES string of the molecule is COc1ccc(C(=O)NCCn2ccnc2C2CC2)cc1F. The maximum absolute atomic E-state index is 13.6. The summed E-state index contributed by atoms with van der Waals surface area (Å²) in [6.07, 6.45) is 6.09. The van der Waals surface area contributed by atoms with Crippen LogP contribution in [-0.2, 0) is 6.54 Å². The molecular weight excluding hydrogens is 285 g/mol. The Kier molecular flexibility index (Phi) is 4.09. The molecule has 5 nitrogen and oxygen atoms in total. The molecule has 0 aliphatic heterocycles. The summed E-state index contributed by atoms with van der Waals surface area (Å²) in [5.74, 6) is 0.950. The predicted octanol–water partition coefficient (Wildman–Crippen LogP) is 2.34. The van der Waals surface area contributed by atoms with Crippen LogP contribution < -0.4 is 10.1 Å². The molecule has 2 aromatic rings. The average Bonchev–Trinajstić information content (AvgIpc) is 3.26. The molecular formula is C16H18FN3O2. The Bertz CT molecular complexity index is 680. The maximum Gasteiger partial charge on any atom is 0.251 e. The summed E-state index contributed by atoms with van der Waals surface area (Å²) in [6.45, 7) is 1.14. The van der Waals surface area contributed by atoms with E-state index < -0.39 is 5.82 Å². The van der Waals surface area contributed by atoms with Crippen molar-refractivity contribution < 1.29 is 13.9 Å². The van der Waals surface area contributed by atoms with Gasteiger partial charge in [0.25, 0.3) is 5.91 Å². The van der Waals surface area contributed by atoms with Crippen molar-refractivity contribution in [2.45, 2.75) is 25.3 Å². The van der Waals surface area contributed by atoms with Gasteiger partial charge in [0, 0.05) is 37.0 Å². The van der Waals surface area contributed by atoms with Gasteiger partial charge in [-0.3, -0.25) is 4.79 Å². The van der Waals surface area contributed by atoms with Crippen LogP contribution in [0.4, 0.5) is 4.39 Å². The van der Waals surface area contributed by atoms with E-state index >= 15 is 0 Å². The van der Waals surface area contributed by atoms with Crippen LogP contribution in [0.15, 0.2) is 30.6 Å². The second kappa shape index (κ2) is 6.17. The van der Waals surface area contributed by atoms with Crippen LogP contribution in [0.5, 0.6) is 5.75 Å². The van der Waals surface area contributed by atoms with Crippen molar-refractivity contribution in [1.29, 1.82) is 0 Å². The average molecular weight is 303 g/mol. The van der Waals surface area contributed by atoms with Crippen LogP contribution in [0.2, 0.25) is 0 Å². The lowest BCUT2D eigenvalue weighted by Gasteiger charge is -2.09. The van der Waals surface area contributed by atoms with E-state index in [1.54, 1.807) is 12.3 Å². The summed E-state index contributed by atoms with van der Waals surface area (Å²) in [5.41, 5.74) is 0.284. The topological polar surface area (TPSA) is 56.1 Å². The molecule has 0 unspecified atom stereocenters. The summed E-state index contributed by atoms with van der Waals surface area (Å²) in [4.78, 5) is 16.4. The largest absolute Gasteiger partial charge is 0.494 e. The zero-order valence-corrected chi connectivity index (χ0v) is 12.4. The number of hydrogen-bond acceptors (Lipinski definition) is 3. The third-order valence-corrected chi connectivity index (χ3v) is 3.74. The highest BCUT2D eigenvalue weighted by molar-refractivity contribution is 5.94. The highest BCUT2D eigenvalue weighted by atomic mass is 19.1. The van der Waals surface area contributed by atoms with Gasteiger partial charge in [0.1, 0.15) is 5.82 Å². The van der Waals surface area contributed by atoms with Crippen LogP contribution in [0.3, 0.4) is 0 Å². The zero-order chi connectivity index (χ0) is 15.5. The monoisotopic (exact) mass is 303 g/mol. The molecule has 3 rings (SSSR count). The molecule has 0 bridgehead atoms. The first kappa shape index (κ1) is 14.6. The molecule has 22 heavy (non-hydrogen) atoms. The highest BCUT2D eigenvalue weighted by Gasteiger charge is 2.27. The number of carbonyl (C=O) groups is 1. The molecule has 0 spiro atoms. The Morgan fingerprint density at radius 1 is 1.50 bits per heavy atom. The van der Waals surface area contributed by atoms with Gasteiger partial charge in [-0.25, -0.2) is 9.37 Å². The number of halogens is 1. The smallest absolute Gasteiger partial charge is 0.251 e. The molecule has 1 N–H and O–H groups in total. The number of aromatic nitrogens is 2. The molecule has 1 aliphatic carbocycles. The second-order valence-corrected chi connectivity index (χ2v) is 5.36. The molecule has 1 fully saturated rings. The third kappa shape index (κ3) is 3.10. The van der Waals surface area contributed by atoms with Gasteiger partial charge in [-0.1, -0.05) is 0 Å². The molecule has 1 heterocycles. The predicted molar refractivity (Wildman–Crippen MR) is 79.5 cm³/mol. The van der Waals surface area contributed by atoms with Gasteiger partial charge < -0.3 is 14.6 Å². The number of hydrogen-bond donors (Lipinski definition) is 1. The van der Waals surface area contributed by atoms with E-state index in [0.717, 1.165) is 5.82 Å². The molecule has 116 valence electrons. The fourth-order valence-corrected chi connectivity index (χ4v) is 2.41. The van der Waals surface area contributed by atoms with Crippen LogP contribution in [0.25, 0.3) is 0 Å². The van der Waals surface area contributed by atoms with Crippen molar-refractivity contribution in [1.82, 2.24) is 14.9 Å². The van der Waals surface area contributed by atoms with Gasteiger partial charge in [-0.15, -0.1) is 0 Å². The normalized spacial score (nSPS) is 13.9. The number of ether oxygens (including phenoxy) is 1. The van der Waals surface area contributed by atoms with Crippen LogP contribution in [-0.4, -0.2) is 29.1 Å². The van der Waals surface area contributed by atoms with Crippen molar-refractivity contribution in [3.05, 3.63) is 47.8 Å². The van der Waals surface area contributed by atoms with Gasteiger partial charge in [0.15, 0.2) is 11.6 Å². The zero-order valence-electron chi connectivity index (χ0n) is 12.4. The number of imidazole rings is 1. The number of methoxy groups -OCH3 is 1. The van der Waals surface area contributed by atoms with Gasteiger partial charge in [-0.2, -0.15) is 0 Å². The van der Waals surface area contributed by atoms with E-state index in [1.807, 2.05) is 6.20 Å². The first-order valence-electron chi connectivity index (χ1n) is 7.32. The minimum absolute atomic E-state index is 0.129. The van der Waals surface area contributed by atoms with E-state index in [4.69, 9.17) is 4.74 Å². The lowest BCUT2D eigenvalue weighted by atomic mass is 10.2. The van der Waals surface area contributed by atoms with Crippen LogP contribution in [0, 0.1) is 5.82 Å². The van der Waals surface area contributed by atoms with E-state index in [-0.39, 0.29) is 17.2 Å². The van der Waals surface area contributed by atoms with Crippen LogP contribution in [0.1, 0.15) is 34.9 Å². The lowest BCUT2D eigenvalue weighted by molar-refractivity contribution is 0.0951. The summed E-state index contributed by atoms with van der Waals surface area (Å²) in [6, 6.07) is 4.18. The van der Waals surface area contributed by atoms with Crippen molar-refractivity contribution >= 4 is 5.91 Å². The van der Waals surface area contributed by atoms with Crippen molar-refractivity contribution in [2.24, 2.45) is 0 Å². The van der Waals surface area contributed by atoms with Gasteiger partial charge in [-0.05, 0) is 31.0 Å². The molecule has 1 amide bonds. The Hall–Kier alpha value is -2.37. The molecule has 0 saturated heterocycles. The van der Waals surface area contributed by atoms with Gasteiger partial charge in [0.05, 0.1) is 7.11 Å². The van der Waals surface area contributed by atoms with Crippen molar-refractivity contribution in [2.75, 3.05) is 13.7 Å². The fourth-order valence-electron chi connectivity index (χ4n) is 2.41. The number of nitrogens with one attached hydrogen (secondary N) is 1. The minimum Gasteiger partial charge on any atom is -0.494 e. The molecule has 0 radical (unpaired) electrons. The number of amides is 1. The maximum atomic E-state index is 13.6. The Labute approximate surface area is 128 Å². The first-order chi connectivity index (χ1) is 10.7. The quantitative estimate of drug-likeness (QED) is 0.891. The van der Waals surface area contributed by atoms with Gasteiger partial charge >= 0.3 is 0 Å². The van der Waals surface area contributed by atoms with Crippen LogP contribution >= 0.6 is 0 Å². The molecule has 1 aromatic carbocycles. The Morgan fingerprint density at radius 2 is 2.32 bits per heavy atom. The molecule has 0 atom stereocenters. The number of carbonyl (C=O) groups excluding carboxylic acids is 1. The number of benzene rings is 1. The van der Waals surface area contributed by atoms with Crippen molar-refractivity contribution in [3.63, 3.8) is 0 Å². The Balaban J connectivity index is 1.56. The summed E-state index contributed by atoms with van der Waals surface area (Å²) in [7, 11) is 1.39. The fraction of sp³-hybridized carbons (Fsp3) is 0.375. The molecule has 1 aromatic heterocycles. The first-order valence-corrected chi connectivity index (χ1v) is 7.32.